The van der Waals surface area contributed by atoms with Crippen LogP contribution in [0, 0.1) is 0 Å². The summed E-state index contributed by atoms with van der Waals surface area (Å²) in [5, 5.41) is 11.0. The van der Waals surface area contributed by atoms with Crippen LogP contribution in [-0.2, 0) is 6.42 Å². The van der Waals surface area contributed by atoms with E-state index in [-0.39, 0.29) is 0 Å². The van der Waals surface area contributed by atoms with Crippen LogP contribution in [0.1, 0.15) is 25.5 Å². The zero-order valence-electron chi connectivity index (χ0n) is 12.1. The largest absolute Gasteiger partial charge is 0.337 e. The van der Waals surface area contributed by atoms with Crippen LogP contribution in [0.5, 0.6) is 0 Å². The van der Waals surface area contributed by atoms with E-state index in [2.05, 4.69) is 27.4 Å². The number of imidazole rings is 1. The monoisotopic (exact) mass is 281 g/mol. The molecule has 3 aromatic rings. The second-order valence-corrected chi connectivity index (χ2v) is 4.96. The second-order valence-electron chi connectivity index (χ2n) is 4.96. The number of nitrogens with one attached hydrogen (secondary N) is 2. The molecule has 3 rings (SSSR count). The van der Waals surface area contributed by atoms with Crippen molar-refractivity contribution in [2.75, 3.05) is 5.32 Å². The molecule has 0 saturated carbocycles. The number of nitrogens with zero attached hydrogens (tertiary/aromatic N) is 3. The van der Waals surface area contributed by atoms with Crippen molar-refractivity contribution in [3.8, 4) is 5.69 Å². The molecule has 0 unspecified atom stereocenters. The van der Waals surface area contributed by atoms with Crippen LogP contribution < -0.4 is 5.32 Å². The van der Waals surface area contributed by atoms with Gasteiger partial charge in [0.1, 0.15) is 5.69 Å². The van der Waals surface area contributed by atoms with Crippen molar-refractivity contribution < 1.29 is 0 Å². The van der Waals surface area contributed by atoms with Crippen LogP contribution in [0.2, 0.25) is 0 Å². The average molecular weight is 281 g/mol. The molecule has 21 heavy (non-hydrogen) atoms. The second kappa shape index (κ2) is 6.26. The van der Waals surface area contributed by atoms with Crippen LogP contribution in [0.4, 0.5) is 11.5 Å². The summed E-state index contributed by atoms with van der Waals surface area (Å²) in [5.74, 6) is 0.824. The predicted molar refractivity (Wildman–Crippen MR) is 84.0 cm³/mol. The Kier molecular flexibility index (Phi) is 4.00. The molecule has 0 saturated heterocycles. The number of unbranched alkanes of at least 4 members (excludes halogenated alkanes) is 1. The SMILES string of the molecule is CCCCc1[nH]nc(Nc2ccccc2)c1-n1ccnc1. The molecule has 0 bridgehead atoms. The van der Waals surface area contributed by atoms with Crippen molar-refractivity contribution in [3.05, 3.63) is 54.7 Å². The van der Waals surface area contributed by atoms with Gasteiger partial charge in [-0.2, -0.15) is 5.10 Å². The predicted octanol–water partition coefficient (Wildman–Crippen LogP) is 3.68. The van der Waals surface area contributed by atoms with E-state index >= 15 is 0 Å². The van der Waals surface area contributed by atoms with E-state index in [1.807, 2.05) is 41.1 Å². The van der Waals surface area contributed by atoms with Gasteiger partial charge in [-0.25, -0.2) is 4.98 Å². The van der Waals surface area contributed by atoms with Gasteiger partial charge in [-0.15, -0.1) is 0 Å². The smallest absolute Gasteiger partial charge is 0.176 e. The van der Waals surface area contributed by atoms with Crippen molar-refractivity contribution in [1.29, 1.82) is 0 Å². The van der Waals surface area contributed by atoms with Gasteiger partial charge in [-0.05, 0) is 25.0 Å². The number of aromatic amines is 1. The molecular formula is C16H19N5. The summed E-state index contributed by atoms with van der Waals surface area (Å²) in [6, 6.07) is 10.1. The maximum Gasteiger partial charge on any atom is 0.176 e. The van der Waals surface area contributed by atoms with Crippen molar-refractivity contribution in [3.63, 3.8) is 0 Å². The van der Waals surface area contributed by atoms with E-state index in [0.717, 1.165) is 42.1 Å². The fraction of sp³-hybridized carbons (Fsp3) is 0.250. The third-order valence-electron chi connectivity index (χ3n) is 3.39. The van der Waals surface area contributed by atoms with E-state index in [1.54, 1.807) is 12.5 Å². The van der Waals surface area contributed by atoms with Crippen LogP contribution >= 0.6 is 0 Å². The molecular weight excluding hydrogens is 262 g/mol. The Balaban J connectivity index is 1.94. The molecule has 2 heterocycles. The first-order chi connectivity index (χ1) is 10.4. The molecule has 2 aromatic heterocycles. The molecule has 0 aliphatic carbocycles. The lowest BCUT2D eigenvalue weighted by Gasteiger charge is -2.08. The Morgan fingerprint density at radius 3 is 2.81 bits per heavy atom. The standard InChI is InChI=1S/C16H19N5/c1-2-3-9-14-15(21-11-10-17-12-21)16(20-19-14)18-13-7-5-4-6-8-13/h4-8,10-12H,2-3,9H2,1H3,(H2,18,19,20). The van der Waals surface area contributed by atoms with Gasteiger partial charge in [0, 0.05) is 18.1 Å². The molecule has 0 fully saturated rings. The van der Waals surface area contributed by atoms with Gasteiger partial charge in [0.25, 0.3) is 0 Å². The Hall–Kier alpha value is -2.56. The number of rotatable bonds is 6. The highest BCUT2D eigenvalue weighted by atomic mass is 15.2. The summed E-state index contributed by atoms with van der Waals surface area (Å²) < 4.78 is 2.00. The van der Waals surface area contributed by atoms with Gasteiger partial charge in [0.2, 0.25) is 0 Å². The van der Waals surface area contributed by atoms with E-state index in [4.69, 9.17) is 0 Å². The maximum absolute atomic E-state index is 4.44. The molecule has 0 aliphatic rings. The number of H-pyrrole nitrogens is 1. The number of hydrogen-bond donors (Lipinski definition) is 2. The third-order valence-corrected chi connectivity index (χ3v) is 3.39. The zero-order valence-corrected chi connectivity index (χ0v) is 12.1. The molecule has 0 spiro atoms. The van der Waals surface area contributed by atoms with Crippen LogP contribution in [0.25, 0.3) is 5.69 Å². The Labute approximate surface area is 124 Å². The number of aromatic nitrogens is 4. The average Bonchev–Trinajstić information content (AvgIpc) is 3.15. The lowest BCUT2D eigenvalue weighted by molar-refractivity contribution is 0.766. The summed E-state index contributed by atoms with van der Waals surface area (Å²) in [5.41, 5.74) is 3.20. The topological polar surface area (TPSA) is 58.5 Å². The molecule has 0 amide bonds. The van der Waals surface area contributed by atoms with Crippen LogP contribution in [-0.4, -0.2) is 19.7 Å². The Morgan fingerprint density at radius 1 is 1.24 bits per heavy atom. The van der Waals surface area contributed by atoms with Crippen molar-refractivity contribution in [2.45, 2.75) is 26.2 Å². The number of hydrogen-bond acceptors (Lipinski definition) is 3. The number of aryl methyl sites for hydroxylation is 1. The molecule has 0 radical (unpaired) electrons. The minimum atomic E-state index is 0.824. The number of anilines is 2. The summed E-state index contributed by atoms with van der Waals surface area (Å²) in [6.07, 6.45) is 8.79. The van der Waals surface area contributed by atoms with Crippen LogP contribution in [0.15, 0.2) is 49.1 Å². The molecule has 0 atom stereocenters. The van der Waals surface area contributed by atoms with Crippen LogP contribution in [0.3, 0.4) is 0 Å². The third kappa shape index (κ3) is 2.97. The number of para-hydroxylation sites is 1. The van der Waals surface area contributed by atoms with Gasteiger partial charge < -0.3 is 9.88 Å². The van der Waals surface area contributed by atoms with Crippen molar-refractivity contribution >= 4 is 11.5 Å². The summed E-state index contributed by atoms with van der Waals surface area (Å²) >= 11 is 0. The highest BCUT2D eigenvalue weighted by Gasteiger charge is 2.14. The minimum Gasteiger partial charge on any atom is -0.337 e. The maximum atomic E-state index is 4.44. The summed E-state index contributed by atoms with van der Waals surface area (Å²) in [6.45, 7) is 2.19. The normalized spacial score (nSPS) is 10.7. The highest BCUT2D eigenvalue weighted by molar-refractivity contribution is 5.66. The van der Waals surface area contributed by atoms with Gasteiger partial charge in [0.15, 0.2) is 5.82 Å². The van der Waals surface area contributed by atoms with Crippen molar-refractivity contribution in [2.24, 2.45) is 0 Å². The fourth-order valence-electron chi connectivity index (χ4n) is 2.31. The molecule has 5 heteroatoms. The summed E-state index contributed by atoms with van der Waals surface area (Å²) in [4.78, 5) is 4.14. The minimum absolute atomic E-state index is 0.824. The molecule has 108 valence electrons. The van der Waals surface area contributed by atoms with Gasteiger partial charge in [-0.3, -0.25) is 5.10 Å². The van der Waals surface area contributed by atoms with E-state index in [0.29, 0.717) is 0 Å². The van der Waals surface area contributed by atoms with E-state index < -0.39 is 0 Å². The molecule has 2 N–H and O–H groups in total. The number of benzene rings is 1. The molecule has 0 aliphatic heterocycles. The van der Waals surface area contributed by atoms with Gasteiger partial charge in [-0.1, -0.05) is 31.5 Å². The first-order valence-corrected chi connectivity index (χ1v) is 7.26. The first kappa shape index (κ1) is 13.4. The van der Waals surface area contributed by atoms with Gasteiger partial charge >= 0.3 is 0 Å². The fourth-order valence-corrected chi connectivity index (χ4v) is 2.31. The zero-order chi connectivity index (χ0) is 14.5. The Bertz CT molecular complexity index is 670. The van der Waals surface area contributed by atoms with E-state index in [1.165, 1.54) is 0 Å². The first-order valence-electron chi connectivity index (χ1n) is 7.26. The summed E-state index contributed by atoms with van der Waals surface area (Å²) in [7, 11) is 0. The lowest BCUT2D eigenvalue weighted by Crippen LogP contribution is -2.00. The van der Waals surface area contributed by atoms with Gasteiger partial charge in [0.05, 0.1) is 12.0 Å². The quantitative estimate of drug-likeness (QED) is 0.724. The molecule has 5 nitrogen and oxygen atoms in total. The highest BCUT2D eigenvalue weighted by Crippen LogP contribution is 2.26. The van der Waals surface area contributed by atoms with Crippen molar-refractivity contribution in [1.82, 2.24) is 19.7 Å². The molecule has 1 aromatic carbocycles. The van der Waals surface area contributed by atoms with E-state index in [9.17, 15) is 0 Å². The lowest BCUT2D eigenvalue weighted by atomic mass is 10.2. The Morgan fingerprint density at radius 2 is 2.10 bits per heavy atom.